The van der Waals surface area contributed by atoms with Crippen molar-refractivity contribution in [3.05, 3.63) is 77.9 Å². The van der Waals surface area contributed by atoms with E-state index in [1.54, 1.807) is 39.2 Å². The van der Waals surface area contributed by atoms with Crippen molar-refractivity contribution in [3.8, 4) is 5.75 Å². The Morgan fingerprint density at radius 2 is 1.86 bits per heavy atom. The third kappa shape index (κ3) is 7.10. The lowest BCUT2D eigenvalue weighted by Crippen LogP contribution is -2.27. The van der Waals surface area contributed by atoms with E-state index >= 15 is 0 Å². The maximum absolute atomic E-state index is 12.6. The van der Waals surface area contributed by atoms with Gasteiger partial charge < -0.3 is 19.3 Å². The number of benzene rings is 2. The van der Waals surface area contributed by atoms with Gasteiger partial charge in [-0.3, -0.25) is 14.7 Å². The van der Waals surface area contributed by atoms with Crippen LogP contribution in [0.5, 0.6) is 5.75 Å². The number of carbonyl (C=O) groups is 2. The van der Waals surface area contributed by atoms with E-state index < -0.39 is 11.7 Å². The molecule has 2 aromatic carbocycles. The number of aliphatic hydroxyl groups excluding tert-OH is 1. The second kappa shape index (κ2) is 12.7. The lowest BCUT2D eigenvalue weighted by Gasteiger charge is -2.19. The summed E-state index contributed by atoms with van der Waals surface area (Å²) in [5, 5.41) is 12.1. The fourth-order valence-corrected chi connectivity index (χ4v) is 4.83. The maximum atomic E-state index is 12.6. The van der Waals surface area contributed by atoms with Gasteiger partial charge in [0, 0.05) is 12.0 Å². The van der Waals surface area contributed by atoms with Crippen molar-refractivity contribution in [1.29, 1.82) is 0 Å². The van der Waals surface area contributed by atoms with Gasteiger partial charge in [-0.15, -0.1) is 0 Å². The standard InChI is InChI=1S/C31H35N5O6/c1-31(2,3)42-30(39)35-28-27-29(33-18-32-28)36(19-34-27)26-15-13-23(41-26)17-40-22-11-8-20(9-12-22)10-14-25(38)24-7-5-4-6-21(24)16-37/h4-9,11-12,18-19,23,26,37H,10,13-17H2,1-3H3,(H,32,33,35,39). The highest BCUT2D eigenvalue weighted by molar-refractivity contribution is 5.97. The topological polar surface area (TPSA) is 138 Å². The van der Waals surface area contributed by atoms with E-state index in [1.165, 1.54) is 6.33 Å². The molecule has 2 atom stereocenters. The van der Waals surface area contributed by atoms with E-state index in [9.17, 15) is 14.7 Å². The second-order valence-corrected chi connectivity index (χ2v) is 11.2. The zero-order chi connectivity index (χ0) is 29.7. The molecule has 3 heterocycles. The lowest BCUT2D eigenvalue weighted by atomic mass is 9.99. The van der Waals surface area contributed by atoms with Gasteiger partial charge in [-0.1, -0.05) is 36.4 Å². The zero-order valence-corrected chi connectivity index (χ0v) is 23.9. The number of nitrogens with one attached hydrogen (secondary N) is 1. The van der Waals surface area contributed by atoms with Crippen LogP contribution in [0.1, 0.15) is 67.7 Å². The molecular weight excluding hydrogens is 538 g/mol. The van der Waals surface area contributed by atoms with Crippen LogP contribution in [0.25, 0.3) is 11.2 Å². The molecule has 0 spiro atoms. The van der Waals surface area contributed by atoms with Crippen molar-refractivity contribution in [2.24, 2.45) is 0 Å². The fourth-order valence-electron chi connectivity index (χ4n) is 4.83. The Labute approximate surface area is 243 Å². The van der Waals surface area contributed by atoms with Crippen LogP contribution in [0, 0.1) is 0 Å². The lowest BCUT2D eigenvalue weighted by molar-refractivity contribution is -0.0158. The van der Waals surface area contributed by atoms with Gasteiger partial charge in [-0.2, -0.15) is 0 Å². The summed E-state index contributed by atoms with van der Waals surface area (Å²) in [7, 11) is 0. The quantitative estimate of drug-likeness (QED) is 0.244. The number of aliphatic hydroxyl groups is 1. The molecule has 4 aromatic rings. The average molecular weight is 574 g/mol. The molecule has 220 valence electrons. The Kier molecular flexibility index (Phi) is 8.79. The number of anilines is 1. The van der Waals surface area contributed by atoms with Gasteiger partial charge in [0.2, 0.25) is 0 Å². The van der Waals surface area contributed by atoms with Crippen molar-refractivity contribution >= 4 is 28.9 Å². The Balaban J connectivity index is 1.12. The third-order valence-corrected chi connectivity index (χ3v) is 6.86. The summed E-state index contributed by atoms with van der Waals surface area (Å²) in [5.74, 6) is 1.01. The number of ketones is 1. The number of amides is 1. The first kappa shape index (κ1) is 29.2. The number of imidazole rings is 1. The van der Waals surface area contributed by atoms with Gasteiger partial charge in [0.05, 0.1) is 19.0 Å². The summed E-state index contributed by atoms with van der Waals surface area (Å²) in [5.41, 5.74) is 2.62. The molecule has 1 amide bonds. The Morgan fingerprint density at radius 1 is 1.07 bits per heavy atom. The van der Waals surface area contributed by atoms with Crippen LogP contribution in [0.2, 0.25) is 0 Å². The molecule has 0 saturated carbocycles. The highest BCUT2D eigenvalue weighted by Gasteiger charge is 2.29. The Morgan fingerprint density at radius 3 is 2.62 bits per heavy atom. The van der Waals surface area contributed by atoms with Gasteiger partial charge in [-0.25, -0.2) is 19.7 Å². The summed E-state index contributed by atoms with van der Waals surface area (Å²) in [6.45, 7) is 5.60. The molecular formula is C31H35N5O6. The van der Waals surface area contributed by atoms with Crippen LogP contribution in [0.4, 0.5) is 10.6 Å². The zero-order valence-electron chi connectivity index (χ0n) is 23.9. The number of carbonyl (C=O) groups excluding carboxylic acids is 2. The molecule has 2 N–H and O–H groups in total. The molecule has 1 aliphatic heterocycles. The maximum Gasteiger partial charge on any atom is 0.413 e. The predicted octanol–water partition coefficient (Wildman–Crippen LogP) is 5.24. The minimum Gasteiger partial charge on any atom is -0.491 e. The molecule has 11 nitrogen and oxygen atoms in total. The number of hydrogen-bond acceptors (Lipinski definition) is 9. The molecule has 0 radical (unpaired) electrons. The first-order chi connectivity index (χ1) is 20.2. The summed E-state index contributed by atoms with van der Waals surface area (Å²) in [4.78, 5) is 37.8. The molecule has 1 fully saturated rings. The van der Waals surface area contributed by atoms with Crippen LogP contribution in [0.3, 0.4) is 0 Å². The SMILES string of the molecule is CC(C)(C)OC(=O)Nc1ncnc2c1ncn2C1CCC(COc2ccc(CCC(=O)c3ccccc3CO)cc2)O1. The molecule has 1 aliphatic rings. The van der Waals surface area contributed by atoms with Crippen LogP contribution in [-0.4, -0.2) is 54.8 Å². The summed E-state index contributed by atoms with van der Waals surface area (Å²) in [6.07, 6.45) is 4.52. The van der Waals surface area contributed by atoms with Crippen molar-refractivity contribution in [2.75, 3.05) is 11.9 Å². The second-order valence-electron chi connectivity index (χ2n) is 11.2. The van der Waals surface area contributed by atoms with E-state index in [1.807, 2.05) is 41.0 Å². The molecule has 1 saturated heterocycles. The molecule has 0 aliphatic carbocycles. The van der Waals surface area contributed by atoms with E-state index in [0.717, 1.165) is 24.2 Å². The largest absolute Gasteiger partial charge is 0.491 e. The summed E-state index contributed by atoms with van der Waals surface area (Å²) >= 11 is 0. The van der Waals surface area contributed by atoms with Gasteiger partial charge in [0.1, 0.15) is 30.5 Å². The molecule has 2 unspecified atom stereocenters. The minimum atomic E-state index is -0.638. The first-order valence-electron chi connectivity index (χ1n) is 14.0. The van der Waals surface area contributed by atoms with E-state index in [2.05, 4.69) is 20.3 Å². The van der Waals surface area contributed by atoms with Gasteiger partial charge in [-0.05, 0) is 63.3 Å². The molecule has 0 bridgehead atoms. The number of hydrogen-bond donors (Lipinski definition) is 2. The molecule has 11 heteroatoms. The smallest absolute Gasteiger partial charge is 0.413 e. The normalized spacial score (nSPS) is 16.9. The monoisotopic (exact) mass is 573 g/mol. The van der Waals surface area contributed by atoms with Crippen molar-refractivity contribution in [3.63, 3.8) is 0 Å². The number of Topliss-reactive ketones (excluding diaryl/α,β-unsaturated/α-hetero) is 1. The van der Waals surface area contributed by atoms with Crippen LogP contribution in [-0.2, 0) is 22.5 Å². The van der Waals surface area contributed by atoms with Crippen LogP contribution < -0.4 is 10.1 Å². The summed E-state index contributed by atoms with van der Waals surface area (Å²) < 4.78 is 19.4. The molecule has 2 aromatic heterocycles. The predicted molar refractivity (Wildman–Crippen MR) is 155 cm³/mol. The number of aromatic nitrogens is 4. The number of nitrogens with zero attached hydrogens (tertiary/aromatic N) is 4. The van der Waals surface area contributed by atoms with Gasteiger partial charge >= 0.3 is 6.09 Å². The number of fused-ring (bicyclic) bond motifs is 1. The number of ether oxygens (including phenoxy) is 3. The third-order valence-electron chi connectivity index (χ3n) is 6.86. The summed E-state index contributed by atoms with van der Waals surface area (Å²) in [6, 6.07) is 14.9. The number of rotatable bonds is 10. The van der Waals surface area contributed by atoms with E-state index in [-0.39, 0.29) is 30.5 Å². The highest BCUT2D eigenvalue weighted by Crippen LogP contribution is 2.32. The van der Waals surface area contributed by atoms with Crippen LogP contribution >= 0.6 is 0 Å². The molecule has 42 heavy (non-hydrogen) atoms. The molecule has 5 rings (SSSR count). The minimum absolute atomic E-state index is 0.0144. The van der Waals surface area contributed by atoms with Crippen molar-refractivity contribution in [2.45, 2.75) is 71.0 Å². The number of aryl methyl sites for hydroxylation is 1. The fraction of sp³-hybridized carbons (Fsp3) is 0.387. The Hall–Kier alpha value is -4.35. The van der Waals surface area contributed by atoms with E-state index in [4.69, 9.17) is 14.2 Å². The average Bonchev–Trinajstić information content (AvgIpc) is 3.62. The highest BCUT2D eigenvalue weighted by atomic mass is 16.6. The van der Waals surface area contributed by atoms with Gasteiger partial charge in [0.15, 0.2) is 22.8 Å². The van der Waals surface area contributed by atoms with Crippen molar-refractivity contribution in [1.82, 2.24) is 19.5 Å². The van der Waals surface area contributed by atoms with E-state index in [0.29, 0.717) is 41.7 Å². The van der Waals surface area contributed by atoms with Crippen LogP contribution in [0.15, 0.2) is 61.2 Å². The first-order valence-corrected chi connectivity index (χ1v) is 14.0. The Bertz CT molecular complexity index is 1550. The van der Waals surface area contributed by atoms with Gasteiger partial charge in [0.25, 0.3) is 0 Å². The van der Waals surface area contributed by atoms with Crippen molar-refractivity contribution < 1.29 is 28.9 Å².